The van der Waals surface area contributed by atoms with Crippen molar-refractivity contribution < 1.29 is 4.73 Å². The van der Waals surface area contributed by atoms with E-state index in [2.05, 4.69) is 15.9 Å². The molecular formula is C9H7BrN2O2. The molecule has 2 aromatic heterocycles. The average Bonchev–Trinajstić information content (AvgIpc) is 2.12. The summed E-state index contributed by atoms with van der Waals surface area (Å²) in [6, 6.07) is 1.79. The van der Waals surface area contributed by atoms with Crippen LogP contribution < -0.4 is 10.3 Å². The first kappa shape index (κ1) is 9.21. The highest BCUT2D eigenvalue weighted by molar-refractivity contribution is 9.10. The summed E-state index contributed by atoms with van der Waals surface area (Å²) in [7, 11) is 1.65. The first-order valence-electron chi connectivity index (χ1n) is 3.97. The Labute approximate surface area is 88.1 Å². The summed E-state index contributed by atoms with van der Waals surface area (Å²) in [6.45, 7) is 0. The highest BCUT2D eigenvalue weighted by Gasteiger charge is 2.08. The Morgan fingerprint density at radius 2 is 2.14 bits per heavy atom. The third-order valence-electron chi connectivity index (χ3n) is 2.06. The number of hydrogen-bond acceptors (Lipinski definition) is 2. The van der Waals surface area contributed by atoms with Crippen LogP contribution in [0.25, 0.3) is 10.8 Å². The predicted molar refractivity (Wildman–Crippen MR) is 55.8 cm³/mol. The SMILES string of the molecule is Cn1ccc2c(Br)c[n+]([O-])cc2c1=O. The van der Waals surface area contributed by atoms with Gasteiger partial charge in [-0.15, -0.1) is 0 Å². The van der Waals surface area contributed by atoms with Crippen LogP contribution in [0.4, 0.5) is 0 Å². The van der Waals surface area contributed by atoms with Crippen molar-refractivity contribution in [1.82, 2.24) is 4.57 Å². The second-order valence-electron chi connectivity index (χ2n) is 3.03. The molecule has 14 heavy (non-hydrogen) atoms. The van der Waals surface area contributed by atoms with E-state index >= 15 is 0 Å². The van der Waals surface area contributed by atoms with Crippen LogP contribution in [0.1, 0.15) is 0 Å². The van der Waals surface area contributed by atoms with Gasteiger partial charge in [0, 0.05) is 18.6 Å². The van der Waals surface area contributed by atoms with Crippen LogP contribution in [0.3, 0.4) is 0 Å². The molecule has 0 unspecified atom stereocenters. The average molecular weight is 255 g/mol. The van der Waals surface area contributed by atoms with E-state index in [0.717, 1.165) is 5.39 Å². The number of fused-ring (bicyclic) bond motifs is 1. The van der Waals surface area contributed by atoms with Gasteiger partial charge in [0.2, 0.25) is 0 Å². The van der Waals surface area contributed by atoms with E-state index in [1.54, 1.807) is 19.3 Å². The smallest absolute Gasteiger partial charge is 0.264 e. The molecule has 72 valence electrons. The van der Waals surface area contributed by atoms with Crippen molar-refractivity contribution in [3.8, 4) is 0 Å². The summed E-state index contributed by atoms with van der Waals surface area (Å²) < 4.78 is 2.69. The molecule has 0 fully saturated rings. The predicted octanol–water partition coefficient (Wildman–Crippen LogP) is 0.934. The first-order chi connectivity index (χ1) is 6.59. The summed E-state index contributed by atoms with van der Waals surface area (Å²) in [4.78, 5) is 11.6. The van der Waals surface area contributed by atoms with E-state index in [9.17, 15) is 10.0 Å². The molecule has 0 saturated carbocycles. The first-order valence-corrected chi connectivity index (χ1v) is 4.76. The quantitative estimate of drug-likeness (QED) is 0.519. The van der Waals surface area contributed by atoms with Crippen LogP contribution in [-0.4, -0.2) is 4.57 Å². The van der Waals surface area contributed by atoms with Crippen LogP contribution in [0.5, 0.6) is 0 Å². The number of aromatic nitrogens is 2. The van der Waals surface area contributed by atoms with Crippen molar-refractivity contribution in [2.45, 2.75) is 0 Å². The number of halogens is 1. The largest absolute Gasteiger partial charge is 0.619 e. The topological polar surface area (TPSA) is 48.9 Å². The van der Waals surface area contributed by atoms with E-state index in [1.165, 1.54) is 17.0 Å². The maximum atomic E-state index is 11.6. The van der Waals surface area contributed by atoms with Gasteiger partial charge in [0.05, 0.1) is 4.47 Å². The zero-order valence-electron chi connectivity index (χ0n) is 7.40. The molecule has 2 heterocycles. The lowest BCUT2D eigenvalue weighted by molar-refractivity contribution is -0.604. The molecule has 0 aromatic carbocycles. The van der Waals surface area contributed by atoms with Gasteiger partial charge < -0.3 is 9.77 Å². The number of pyridine rings is 2. The van der Waals surface area contributed by atoms with Gasteiger partial charge in [-0.25, -0.2) is 0 Å². The summed E-state index contributed by atoms with van der Waals surface area (Å²) >= 11 is 3.24. The van der Waals surface area contributed by atoms with Crippen LogP contribution in [0.15, 0.2) is 33.9 Å². The molecule has 0 aliphatic heterocycles. The van der Waals surface area contributed by atoms with Gasteiger partial charge in [-0.05, 0) is 22.0 Å². The summed E-state index contributed by atoms with van der Waals surface area (Å²) in [5.41, 5.74) is -0.173. The lowest BCUT2D eigenvalue weighted by atomic mass is 10.2. The van der Waals surface area contributed by atoms with Gasteiger partial charge >= 0.3 is 0 Å². The van der Waals surface area contributed by atoms with Crippen molar-refractivity contribution in [3.63, 3.8) is 0 Å². The fourth-order valence-corrected chi connectivity index (χ4v) is 1.88. The zero-order valence-corrected chi connectivity index (χ0v) is 8.98. The van der Waals surface area contributed by atoms with Crippen molar-refractivity contribution in [2.24, 2.45) is 7.05 Å². The van der Waals surface area contributed by atoms with Crippen molar-refractivity contribution in [1.29, 1.82) is 0 Å². The fraction of sp³-hybridized carbons (Fsp3) is 0.111. The molecule has 5 heteroatoms. The third-order valence-corrected chi connectivity index (χ3v) is 2.69. The molecular weight excluding hydrogens is 248 g/mol. The lowest BCUT2D eigenvalue weighted by Crippen LogP contribution is -2.27. The normalized spacial score (nSPS) is 10.7. The van der Waals surface area contributed by atoms with E-state index in [-0.39, 0.29) is 5.56 Å². The standard InChI is InChI=1S/C9H7BrN2O2/c1-11-3-2-6-7(9(11)13)4-12(14)5-8(6)10/h2-5H,1H3. The van der Waals surface area contributed by atoms with Crippen LogP contribution >= 0.6 is 15.9 Å². The molecule has 2 rings (SSSR count). The van der Waals surface area contributed by atoms with Gasteiger partial charge in [-0.2, -0.15) is 4.73 Å². The minimum absolute atomic E-state index is 0.173. The minimum Gasteiger partial charge on any atom is -0.619 e. The van der Waals surface area contributed by atoms with E-state index < -0.39 is 0 Å². The van der Waals surface area contributed by atoms with Crippen LogP contribution in [-0.2, 0) is 7.05 Å². The Morgan fingerprint density at radius 3 is 2.86 bits per heavy atom. The highest BCUT2D eigenvalue weighted by Crippen LogP contribution is 2.18. The zero-order chi connectivity index (χ0) is 10.3. The molecule has 0 N–H and O–H groups in total. The van der Waals surface area contributed by atoms with E-state index in [1.807, 2.05) is 0 Å². The number of nitrogens with zero attached hydrogens (tertiary/aromatic N) is 2. The molecule has 4 nitrogen and oxygen atoms in total. The Hall–Kier alpha value is -1.36. The van der Waals surface area contributed by atoms with Crippen LogP contribution in [0.2, 0.25) is 0 Å². The summed E-state index contributed by atoms with van der Waals surface area (Å²) in [5, 5.41) is 12.3. The van der Waals surface area contributed by atoms with Gasteiger partial charge in [0.15, 0.2) is 12.4 Å². The number of hydrogen-bond donors (Lipinski definition) is 0. The molecule has 0 saturated heterocycles. The molecule has 0 bridgehead atoms. The Bertz CT molecular complexity index is 562. The second kappa shape index (κ2) is 3.09. The van der Waals surface area contributed by atoms with Gasteiger partial charge in [-0.1, -0.05) is 0 Å². The van der Waals surface area contributed by atoms with Gasteiger partial charge in [0.25, 0.3) is 5.56 Å². The molecule has 0 radical (unpaired) electrons. The minimum atomic E-state index is -0.173. The van der Waals surface area contributed by atoms with Crippen molar-refractivity contribution >= 4 is 26.7 Å². The number of rotatable bonds is 0. The van der Waals surface area contributed by atoms with Gasteiger partial charge in [0.1, 0.15) is 5.39 Å². The Morgan fingerprint density at radius 1 is 1.43 bits per heavy atom. The van der Waals surface area contributed by atoms with E-state index in [4.69, 9.17) is 0 Å². The van der Waals surface area contributed by atoms with E-state index in [0.29, 0.717) is 14.6 Å². The maximum absolute atomic E-state index is 11.6. The fourth-order valence-electron chi connectivity index (χ4n) is 1.33. The Balaban J connectivity index is 3.03. The second-order valence-corrected chi connectivity index (χ2v) is 3.88. The highest BCUT2D eigenvalue weighted by atomic mass is 79.9. The van der Waals surface area contributed by atoms with Crippen molar-refractivity contribution in [2.75, 3.05) is 0 Å². The monoisotopic (exact) mass is 254 g/mol. The molecule has 0 amide bonds. The van der Waals surface area contributed by atoms with Crippen molar-refractivity contribution in [3.05, 3.63) is 44.7 Å². The molecule has 0 aliphatic carbocycles. The van der Waals surface area contributed by atoms with Crippen LogP contribution in [0, 0.1) is 5.21 Å². The maximum Gasteiger partial charge on any atom is 0.264 e. The third kappa shape index (κ3) is 1.29. The molecule has 2 aromatic rings. The summed E-state index contributed by atoms with van der Waals surface area (Å²) in [6.07, 6.45) is 4.33. The number of aryl methyl sites for hydroxylation is 1. The lowest BCUT2D eigenvalue weighted by Gasteiger charge is -2.02. The Kier molecular flexibility index (Phi) is 2.03. The van der Waals surface area contributed by atoms with Gasteiger partial charge in [-0.3, -0.25) is 4.79 Å². The molecule has 0 aliphatic rings. The summed E-state index contributed by atoms with van der Waals surface area (Å²) in [5.74, 6) is 0. The molecule has 0 atom stereocenters. The molecule has 0 spiro atoms.